The van der Waals surface area contributed by atoms with Crippen LogP contribution in [0.4, 0.5) is 4.79 Å². The van der Waals surface area contributed by atoms with Crippen LogP contribution in [0.25, 0.3) is 0 Å². The van der Waals surface area contributed by atoms with Crippen molar-refractivity contribution >= 4 is 35.2 Å². The Labute approximate surface area is 152 Å². The maximum atomic E-state index is 12.5. The van der Waals surface area contributed by atoms with E-state index in [-0.39, 0.29) is 11.9 Å². The van der Waals surface area contributed by atoms with E-state index >= 15 is 0 Å². The number of amides is 2. The number of benzene rings is 1. The molecule has 1 saturated heterocycles. The van der Waals surface area contributed by atoms with Gasteiger partial charge in [-0.1, -0.05) is 23.2 Å². The summed E-state index contributed by atoms with van der Waals surface area (Å²) in [6.45, 7) is 6.58. The summed E-state index contributed by atoms with van der Waals surface area (Å²) in [4.78, 5) is 26.1. The third-order valence-electron chi connectivity index (χ3n) is 3.66. The Kier molecular flexibility index (Phi) is 5.99. The monoisotopic (exact) mass is 372 g/mol. The molecule has 24 heavy (non-hydrogen) atoms. The van der Waals surface area contributed by atoms with Crippen molar-refractivity contribution in [3.8, 4) is 0 Å². The molecule has 1 N–H and O–H groups in total. The molecule has 0 unspecified atom stereocenters. The van der Waals surface area contributed by atoms with Gasteiger partial charge in [0.15, 0.2) is 0 Å². The molecule has 0 bridgehead atoms. The quantitative estimate of drug-likeness (QED) is 0.848. The second kappa shape index (κ2) is 7.62. The Morgan fingerprint density at radius 1 is 1.21 bits per heavy atom. The average molecular weight is 373 g/mol. The molecule has 0 radical (unpaired) electrons. The number of nitrogens with zero attached hydrogens (tertiary/aromatic N) is 1. The predicted molar refractivity (Wildman–Crippen MR) is 94.8 cm³/mol. The van der Waals surface area contributed by atoms with Gasteiger partial charge < -0.3 is 15.0 Å². The number of ether oxygens (including phenoxy) is 1. The van der Waals surface area contributed by atoms with E-state index in [1.54, 1.807) is 23.1 Å². The molecule has 1 aliphatic heterocycles. The predicted octanol–water partition coefficient (Wildman–Crippen LogP) is 4.12. The van der Waals surface area contributed by atoms with E-state index < -0.39 is 11.7 Å². The van der Waals surface area contributed by atoms with Gasteiger partial charge >= 0.3 is 6.09 Å². The Balaban J connectivity index is 1.88. The third kappa shape index (κ3) is 5.28. The van der Waals surface area contributed by atoms with Gasteiger partial charge in [-0.25, -0.2) is 4.79 Å². The zero-order valence-electron chi connectivity index (χ0n) is 14.1. The molecule has 0 spiro atoms. The van der Waals surface area contributed by atoms with E-state index in [0.29, 0.717) is 41.5 Å². The first kappa shape index (κ1) is 18.9. The molecule has 0 aromatic heterocycles. The summed E-state index contributed by atoms with van der Waals surface area (Å²) in [5.74, 6) is -0.118. The van der Waals surface area contributed by atoms with Crippen LogP contribution in [-0.2, 0) is 4.74 Å². The summed E-state index contributed by atoms with van der Waals surface area (Å²) >= 11 is 12.0. The van der Waals surface area contributed by atoms with Gasteiger partial charge in [0.2, 0.25) is 0 Å². The molecule has 0 aliphatic carbocycles. The number of nitrogens with one attached hydrogen (secondary N) is 1. The fourth-order valence-corrected chi connectivity index (χ4v) is 3.02. The van der Waals surface area contributed by atoms with E-state index in [1.807, 2.05) is 20.8 Å². The fraction of sp³-hybridized carbons (Fsp3) is 0.529. The number of likely N-dealkylation sites (tertiary alicyclic amines) is 1. The highest BCUT2D eigenvalue weighted by molar-refractivity contribution is 6.36. The normalized spacial score (nSPS) is 16.0. The number of carbonyl (C=O) groups excluding carboxylic acids is 2. The molecular formula is C17H22Cl2N2O3. The van der Waals surface area contributed by atoms with Crippen LogP contribution in [-0.4, -0.2) is 41.6 Å². The van der Waals surface area contributed by atoms with Crippen LogP contribution in [0, 0.1) is 0 Å². The maximum Gasteiger partial charge on any atom is 0.407 e. The molecule has 1 aromatic carbocycles. The first-order valence-electron chi connectivity index (χ1n) is 7.89. The molecule has 1 heterocycles. The molecule has 5 nitrogen and oxygen atoms in total. The molecule has 2 rings (SSSR count). The van der Waals surface area contributed by atoms with Crippen molar-refractivity contribution < 1.29 is 14.3 Å². The topological polar surface area (TPSA) is 58.6 Å². The summed E-state index contributed by atoms with van der Waals surface area (Å²) < 4.78 is 5.25. The smallest absolute Gasteiger partial charge is 0.407 e. The van der Waals surface area contributed by atoms with Gasteiger partial charge in [0.05, 0.1) is 10.6 Å². The van der Waals surface area contributed by atoms with Crippen molar-refractivity contribution in [3.05, 3.63) is 33.8 Å². The number of rotatable bonds is 2. The van der Waals surface area contributed by atoms with Crippen LogP contribution in [0.5, 0.6) is 0 Å². The molecule has 0 atom stereocenters. The van der Waals surface area contributed by atoms with E-state index in [9.17, 15) is 9.59 Å². The highest BCUT2D eigenvalue weighted by atomic mass is 35.5. The molecule has 2 amide bonds. The van der Waals surface area contributed by atoms with Crippen LogP contribution in [0.3, 0.4) is 0 Å². The lowest BCUT2D eigenvalue weighted by molar-refractivity contribution is 0.0473. The molecule has 1 aromatic rings. The van der Waals surface area contributed by atoms with Gasteiger partial charge in [-0.2, -0.15) is 0 Å². The SMILES string of the molecule is CC(C)(C)OC(=O)NC1CCN(C(=O)c2ccc(Cl)cc2Cl)CC1. The van der Waals surface area contributed by atoms with E-state index in [2.05, 4.69) is 5.32 Å². The van der Waals surface area contributed by atoms with Gasteiger partial charge in [0.1, 0.15) is 5.60 Å². The highest BCUT2D eigenvalue weighted by Gasteiger charge is 2.27. The Morgan fingerprint density at radius 3 is 2.38 bits per heavy atom. The number of piperidine rings is 1. The van der Waals surface area contributed by atoms with Crippen molar-refractivity contribution in [2.24, 2.45) is 0 Å². The lowest BCUT2D eigenvalue weighted by Gasteiger charge is -2.33. The summed E-state index contributed by atoms with van der Waals surface area (Å²) in [6, 6.07) is 4.85. The van der Waals surface area contributed by atoms with Crippen LogP contribution < -0.4 is 5.32 Å². The van der Waals surface area contributed by atoms with E-state index in [0.717, 1.165) is 0 Å². The van der Waals surface area contributed by atoms with E-state index in [4.69, 9.17) is 27.9 Å². The van der Waals surface area contributed by atoms with Crippen molar-refractivity contribution in [2.45, 2.75) is 45.3 Å². The zero-order chi connectivity index (χ0) is 17.9. The zero-order valence-corrected chi connectivity index (χ0v) is 15.6. The summed E-state index contributed by atoms with van der Waals surface area (Å²) in [7, 11) is 0. The largest absolute Gasteiger partial charge is 0.444 e. The maximum absolute atomic E-state index is 12.5. The summed E-state index contributed by atoms with van der Waals surface area (Å²) in [5, 5.41) is 3.70. The lowest BCUT2D eigenvalue weighted by Crippen LogP contribution is -2.47. The minimum atomic E-state index is -0.522. The van der Waals surface area contributed by atoms with Gasteiger partial charge in [0, 0.05) is 24.2 Å². The fourth-order valence-electron chi connectivity index (χ4n) is 2.53. The summed E-state index contributed by atoms with van der Waals surface area (Å²) in [5.41, 5.74) is -0.0777. The van der Waals surface area contributed by atoms with Crippen molar-refractivity contribution in [1.82, 2.24) is 10.2 Å². The van der Waals surface area contributed by atoms with Crippen molar-refractivity contribution in [2.75, 3.05) is 13.1 Å². The first-order valence-corrected chi connectivity index (χ1v) is 8.65. The first-order chi connectivity index (χ1) is 11.2. The molecule has 1 aliphatic rings. The number of hydrogen-bond acceptors (Lipinski definition) is 3. The lowest BCUT2D eigenvalue weighted by atomic mass is 10.0. The Morgan fingerprint density at radius 2 is 1.83 bits per heavy atom. The average Bonchev–Trinajstić information content (AvgIpc) is 2.45. The molecule has 132 valence electrons. The van der Waals surface area contributed by atoms with Crippen LogP contribution in [0.2, 0.25) is 10.0 Å². The minimum absolute atomic E-state index is 0.00425. The Hall–Kier alpha value is -1.46. The minimum Gasteiger partial charge on any atom is -0.444 e. The number of carbonyl (C=O) groups is 2. The van der Waals surface area contributed by atoms with Gasteiger partial charge in [-0.05, 0) is 51.8 Å². The van der Waals surface area contributed by atoms with E-state index in [1.165, 1.54) is 0 Å². The van der Waals surface area contributed by atoms with Crippen molar-refractivity contribution in [3.63, 3.8) is 0 Å². The standard InChI is InChI=1S/C17H22Cl2N2O3/c1-17(2,3)24-16(23)20-12-6-8-21(9-7-12)15(22)13-5-4-11(18)10-14(13)19/h4-5,10,12H,6-9H2,1-3H3,(H,20,23). The van der Waals surface area contributed by atoms with Gasteiger partial charge in [-0.3, -0.25) is 4.79 Å². The highest BCUT2D eigenvalue weighted by Crippen LogP contribution is 2.23. The molecule has 0 saturated carbocycles. The van der Waals surface area contributed by atoms with Crippen LogP contribution in [0.1, 0.15) is 44.0 Å². The number of hydrogen-bond donors (Lipinski definition) is 1. The van der Waals surface area contributed by atoms with Gasteiger partial charge in [0.25, 0.3) is 5.91 Å². The van der Waals surface area contributed by atoms with Crippen LogP contribution >= 0.6 is 23.2 Å². The Bertz CT molecular complexity index is 621. The summed E-state index contributed by atoms with van der Waals surface area (Å²) in [6.07, 6.45) is 0.930. The molecule has 1 fully saturated rings. The third-order valence-corrected chi connectivity index (χ3v) is 4.21. The van der Waals surface area contributed by atoms with Crippen molar-refractivity contribution in [1.29, 1.82) is 0 Å². The molecular weight excluding hydrogens is 351 g/mol. The number of halogens is 2. The molecule has 7 heteroatoms. The van der Waals surface area contributed by atoms with Gasteiger partial charge in [-0.15, -0.1) is 0 Å². The van der Waals surface area contributed by atoms with Crippen LogP contribution in [0.15, 0.2) is 18.2 Å². The second-order valence-electron chi connectivity index (χ2n) is 6.84. The number of alkyl carbamates (subject to hydrolysis) is 1. The second-order valence-corrected chi connectivity index (χ2v) is 7.68.